The molecule has 1 aromatic heterocycles. The summed E-state index contributed by atoms with van der Waals surface area (Å²) in [6.07, 6.45) is 6.73. The number of amides is 1. The first-order chi connectivity index (χ1) is 13.3. The van der Waals surface area contributed by atoms with Crippen LogP contribution in [0.2, 0.25) is 0 Å². The van der Waals surface area contributed by atoms with Crippen LogP contribution in [-0.4, -0.2) is 53.2 Å². The van der Waals surface area contributed by atoms with Gasteiger partial charge < -0.3 is 4.74 Å². The van der Waals surface area contributed by atoms with Crippen molar-refractivity contribution in [1.82, 2.24) is 14.9 Å². The lowest BCUT2D eigenvalue weighted by molar-refractivity contribution is -0.0768. The molecule has 2 aliphatic heterocycles. The van der Waals surface area contributed by atoms with Gasteiger partial charge in [0.05, 0.1) is 13.2 Å². The van der Waals surface area contributed by atoms with Gasteiger partial charge in [0.1, 0.15) is 11.9 Å². The number of rotatable bonds is 5. The van der Waals surface area contributed by atoms with Crippen molar-refractivity contribution in [3.05, 3.63) is 59.9 Å². The Kier molecular flexibility index (Phi) is 5.65. The number of aromatic nitrogens is 1. The first kappa shape index (κ1) is 17.9. The molecule has 0 saturated carbocycles. The molecule has 0 atom stereocenters. The number of piperidine rings is 1. The zero-order valence-electron chi connectivity index (χ0n) is 15.4. The van der Waals surface area contributed by atoms with E-state index in [4.69, 9.17) is 9.57 Å². The second-order valence-corrected chi connectivity index (χ2v) is 7.07. The van der Waals surface area contributed by atoms with Crippen molar-refractivity contribution < 1.29 is 14.4 Å². The largest absolute Gasteiger partial charge is 0.490 e. The van der Waals surface area contributed by atoms with Crippen LogP contribution in [0.5, 0.6) is 5.75 Å². The van der Waals surface area contributed by atoms with Gasteiger partial charge >= 0.3 is 0 Å². The van der Waals surface area contributed by atoms with Crippen molar-refractivity contribution in [2.75, 3.05) is 26.2 Å². The van der Waals surface area contributed by atoms with Gasteiger partial charge in [-0.3, -0.25) is 19.5 Å². The molecule has 2 fully saturated rings. The number of benzene rings is 1. The molecule has 0 unspecified atom stereocenters. The van der Waals surface area contributed by atoms with Crippen LogP contribution in [-0.2, 0) is 11.4 Å². The minimum absolute atomic E-state index is 0.0925. The molecule has 0 radical (unpaired) electrons. The van der Waals surface area contributed by atoms with E-state index in [1.807, 2.05) is 36.7 Å². The maximum Gasteiger partial charge on any atom is 0.277 e. The molecule has 6 heteroatoms. The van der Waals surface area contributed by atoms with E-state index in [-0.39, 0.29) is 12.0 Å². The fraction of sp³-hybridized carbons (Fsp3) is 0.429. The summed E-state index contributed by atoms with van der Waals surface area (Å²) in [5, 5.41) is 1.44. The first-order valence-corrected chi connectivity index (χ1v) is 9.61. The molecule has 2 aromatic rings. The maximum atomic E-state index is 12.4. The number of carbonyl (C=O) groups excluding carboxylic acids is 1. The van der Waals surface area contributed by atoms with Crippen LogP contribution in [0.1, 0.15) is 35.2 Å². The van der Waals surface area contributed by atoms with Crippen molar-refractivity contribution >= 4 is 5.91 Å². The van der Waals surface area contributed by atoms with Crippen LogP contribution >= 0.6 is 0 Å². The zero-order chi connectivity index (χ0) is 18.5. The van der Waals surface area contributed by atoms with Crippen molar-refractivity contribution in [2.24, 2.45) is 0 Å². The highest BCUT2D eigenvalue weighted by atomic mass is 16.7. The molecule has 0 bridgehead atoms. The van der Waals surface area contributed by atoms with Crippen molar-refractivity contribution in [3.8, 4) is 5.75 Å². The minimum Gasteiger partial charge on any atom is -0.490 e. The van der Waals surface area contributed by atoms with Gasteiger partial charge in [-0.05, 0) is 55.2 Å². The molecule has 27 heavy (non-hydrogen) atoms. The minimum atomic E-state index is -0.0925. The summed E-state index contributed by atoms with van der Waals surface area (Å²) in [6, 6.07) is 11.6. The normalized spacial score (nSPS) is 18.6. The highest BCUT2D eigenvalue weighted by molar-refractivity contribution is 5.94. The van der Waals surface area contributed by atoms with E-state index in [9.17, 15) is 4.79 Å². The molecule has 3 heterocycles. The summed E-state index contributed by atoms with van der Waals surface area (Å²) in [6.45, 7) is 4.23. The fourth-order valence-corrected chi connectivity index (χ4v) is 3.58. The van der Waals surface area contributed by atoms with Gasteiger partial charge in [0.25, 0.3) is 5.91 Å². The van der Waals surface area contributed by atoms with Gasteiger partial charge in [0, 0.05) is 37.6 Å². The third kappa shape index (κ3) is 4.64. The Labute approximate surface area is 159 Å². The summed E-state index contributed by atoms with van der Waals surface area (Å²) in [4.78, 5) is 24.3. The van der Waals surface area contributed by atoms with E-state index in [2.05, 4.69) is 22.0 Å². The van der Waals surface area contributed by atoms with E-state index in [0.717, 1.165) is 44.6 Å². The van der Waals surface area contributed by atoms with Crippen molar-refractivity contribution in [2.45, 2.75) is 31.9 Å². The first-order valence-electron chi connectivity index (χ1n) is 9.61. The number of carbonyl (C=O) groups is 1. The Hall–Kier alpha value is -2.44. The van der Waals surface area contributed by atoms with Gasteiger partial charge in [-0.15, -0.1) is 0 Å². The van der Waals surface area contributed by atoms with E-state index >= 15 is 0 Å². The second-order valence-electron chi connectivity index (χ2n) is 7.07. The smallest absolute Gasteiger partial charge is 0.277 e. The fourth-order valence-electron chi connectivity index (χ4n) is 3.58. The molecular formula is C21H25N3O3. The van der Waals surface area contributed by atoms with E-state index in [1.165, 1.54) is 10.6 Å². The Morgan fingerprint density at radius 3 is 2.70 bits per heavy atom. The summed E-state index contributed by atoms with van der Waals surface area (Å²) in [5.41, 5.74) is 1.91. The molecule has 0 aliphatic carbocycles. The van der Waals surface area contributed by atoms with Gasteiger partial charge in [-0.25, -0.2) is 5.06 Å². The zero-order valence-corrected chi connectivity index (χ0v) is 15.4. The number of nitrogens with zero attached hydrogens (tertiary/aromatic N) is 3. The molecular weight excluding hydrogens is 342 g/mol. The van der Waals surface area contributed by atoms with Crippen LogP contribution in [0, 0.1) is 0 Å². The Bertz CT molecular complexity index is 754. The summed E-state index contributed by atoms with van der Waals surface area (Å²) in [7, 11) is 0. The molecule has 6 nitrogen and oxygen atoms in total. The predicted octanol–water partition coefficient (Wildman–Crippen LogP) is 2.90. The lowest BCUT2D eigenvalue weighted by atomic mass is 10.1. The number of hydroxylamine groups is 2. The molecule has 0 N–H and O–H groups in total. The molecule has 1 aromatic carbocycles. The molecule has 1 amide bonds. The quantitative estimate of drug-likeness (QED) is 0.813. The average Bonchev–Trinajstić information content (AvgIpc) is 3.25. The third-order valence-corrected chi connectivity index (χ3v) is 5.05. The standard InChI is InChI=1S/C21H25N3O3/c25-21(24-11-2-14-26-24)18-3-1-4-20(15-18)27-19-7-12-23(13-8-19)16-17-5-9-22-10-6-17/h1,3-6,9-10,15,19H,2,7-8,11-14,16H2. The van der Waals surface area contributed by atoms with Gasteiger partial charge in [0.15, 0.2) is 0 Å². The maximum absolute atomic E-state index is 12.4. The Balaban J connectivity index is 1.30. The second kappa shape index (κ2) is 8.50. The topological polar surface area (TPSA) is 54.9 Å². The van der Waals surface area contributed by atoms with Crippen LogP contribution in [0.15, 0.2) is 48.8 Å². The van der Waals surface area contributed by atoms with Crippen molar-refractivity contribution in [1.29, 1.82) is 0 Å². The summed E-state index contributed by atoms with van der Waals surface area (Å²) in [5.74, 6) is 0.665. The van der Waals surface area contributed by atoms with E-state index in [1.54, 1.807) is 0 Å². The van der Waals surface area contributed by atoms with Crippen LogP contribution < -0.4 is 4.74 Å². The molecule has 2 aliphatic rings. The van der Waals surface area contributed by atoms with Crippen LogP contribution in [0.3, 0.4) is 0 Å². The van der Waals surface area contributed by atoms with Crippen LogP contribution in [0.4, 0.5) is 0 Å². The molecule has 4 rings (SSSR count). The highest BCUT2D eigenvalue weighted by Crippen LogP contribution is 2.22. The van der Waals surface area contributed by atoms with E-state index < -0.39 is 0 Å². The monoisotopic (exact) mass is 367 g/mol. The lowest BCUT2D eigenvalue weighted by Crippen LogP contribution is -2.37. The molecule has 142 valence electrons. The van der Waals surface area contributed by atoms with Gasteiger partial charge in [0.2, 0.25) is 0 Å². The molecule has 2 saturated heterocycles. The number of hydrogen-bond acceptors (Lipinski definition) is 5. The number of pyridine rings is 1. The molecule has 0 spiro atoms. The highest BCUT2D eigenvalue weighted by Gasteiger charge is 2.23. The van der Waals surface area contributed by atoms with Gasteiger partial charge in [-0.2, -0.15) is 0 Å². The van der Waals surface area contributed by atoms with Crippen molar-refractivity contribution in [3.63, 3.8) is 0 Å². The summed E-state index contributed by atoms with van der Waals surface area (Å²) >= 11 is 0. The summed E-state index contributed by atoms with van der Waals surface area (Å²) < 4.78 is 6.16. The van der Waals surface area contributed by atoms with E-state index in [0.29, 0.717) is 18.7 Å². The lowest BCUT2D eigenvalue weighted by Gasteiger charge is -2.32. The van der Waals surface area contributed by atoms with Crippen LogP contribution in [0.25, 0.3) is 0 Å². The Morgan fingerprint density at radius 2 is 1.96 bits per heavy atom. The average molecular weight is 367 g/mol. The third-order valence-electron chi connectivity index (χ3n) is 5.05. The van der Waals surface area contributed by atoms with Gasteiger partial charge in [-0.1, -0.05) is 6.07 Å². The SMILES string of the molecule is O=C(c1cccc(OC2CCN(Cc3ccncc3)CC2)c1)N1CCCO1. The Morgan fingerprint density at radius 1 is 1.15 bits per heavy atom. The number of ether oxygens (including phenoxy) is 1. The predicted molar refractivity (Wildman–Crippen MR) is 101 cm³/mol. The number of hydrogen-bond donors (Lipinski definition) is 0. The number of likely N-dealkylation sites (tertiary alicyclic amines) is 1.